The molecule has 22 heavy (non-hydrogen) atoms. The van der Waals surface area contributed by atoms with Crippen molar-refractivity contribution in [1.82, 2.24) is 4.90 Å². The second-order valence-corrected chi connectivity index (χ2v) is 4.41. The van der Waals surface area contributed by atoms with Gasteiger partial charge in [-0.1, -0.05) is 0 Å². The highest BCUT2D eigenvalue weighted by Crippen LogP contribution is 1.98. The largest absolute Gasteiger partial charge is 0.465 e. The molecule has 0 aromatic rings. The normalized spacial score (nSPS) is 9.82. The van der Waals surface area contributed by atoms with E-state index in [2.05, 4.69) is 11.8 Å². The lowest BCUT2D eigenvalue weighted by Gasteiger charge is -2.20. The van der Waals surface area contributed by atoms with E-state index in [1.807, 2.05) is 0 Å². The molecular formula is C16H23NO5. The highest BCUT2D eigenvalue weighted by atomic mass is 16.5. The Morgan fingerprint density at radius 3 is 1.73 bits per heavy atom. The van der Waals surface area contributed by atoms with Crippen molar-refractivity contribution >= 4 is 11.9 Å². The Labute approximate surface area is 131 Å². The third-order valence-corrected chi connectivity index (χ3v) is 2.70. The van der Waals surface area contributed by atoms with Gasteiger partial charge in [0.2, 0.25) is 0 Å². The molecule has 0 radical (unpaired) electrons. The van der Waals surface area contributed by atoms with Gasteiger partial charge in [0.25, 0.3) is 0 Å². The van der Waals surface area contributed by atoms with E-state index in [1.165, 1.54) is 0 Å². The Morgan fingerprint density at radius 1 is 0.909 bits per heavy atom. The molecule has 0 aromatic heterocycles. The summed E-state index contributed by atoms with van der Waals surface area (Å²) in [4.78, 5) is 24.7. The van der Waals surface area contributed by atoms with E-state index in [0.29, 0.717) is 32.5 Å². The molecule has 0 atom stereocenters. The molecule has 0 saturated heterocycles. The van der Waals surface area contributed by atoms with E-state index >= 15 is 0 Å². The Hall–Kier alpha value is -2.02. The van der Waals surface area contributed by atoms with Gasteiger partial charge in [0.1, 0.15) is 13.2 Å². The van der Waals surface area contributed by atoms with Gasteiger partial charge < -0.3 is 14.6 Å². The first kappa shape index (κ1) is 20.0. The molecule has 0 aliphatic heterocycles. The monoisotopic (exact) mass is 309 g/mol. The summed E-state index contributed by atoms with van der Waals surface area (Å²) in [6, 6.07) is 0. The number of carbonyl (C=O) groups is 2. The third-order valence-electron chi connectivity index (χ3n) is 2.70. The number of rotatable bonds is 12. The van der Waals surface area contributed by atoms with Crippen LogP contribution in [0.1, 0.15) is 25.7 Å². The van der Waals surface area contributed by atoms with E-state index in [4.69, 9.17) is 27.4 Å². The molecule has 0 rings (SSSR count). The number of esters is 2. The lowest BCUT2D eigenvalue weighted by atomic mass is 10.3. The van der Waals surface area contributed by atoms with E-state index in [9.17, 15) is 9.59 Å². The maximum absolute atomic E-state index is 11.4. The molecule has 0 saturated carbocycles. The molecule has 0 amide bonds. The molecule has 6 nitrogen and oxygen atoms in total. The standard InChI is InChI=1S/C16H23NO5/c1-3-5-13-21-15(19)7-9-17(11-12-18)10-8-16(20)22-14-6-4-2/h1-2,18H,5-14H2. The fourth-order valence-electron chi connectivity index (χ4n) is 1.57. The number of aliphatic hydroxyl groups is 1. The first-order valence-electron chi connectivity index (χ1n) is 7.15. The summed E-state index contributed by atoms with van der Waals surface area (Å²) < 4.78 is 9.84. The van der Waals surface area contributed by atoms with Crippen LogP contribution in [-0.4, -0.2) is 61.4 Å². The van der Waals surface area contributed by atoms with Crippen LogP contribution in [0.2, 0.25) is 0 Å². The van der Waals surface area contributed by atoms with Gasteiger partial charge in [-0.05, 0) is 0 Å². The first-order chi connectivity index (χ1) is 10.6. The second kappa shape index (κ2) is 13.9. The minimum absolute atomic E-state index is 0.0573. The highest BCUT2D eigenvalue weighted by molar-refractivity contribution is 5.70. The lowest BCUT2D eigenvalue weighted by Crippen LogP contribution is -2.32. The summed E-state index contributed by atoms with van der Waals surface area (Å²) in [5.74, 6) is 4.05. The molecule has 0 bridgehead atoms. The Balaban J connectivity index is 3.95. The molecule has 122 valence electrons. The zero-order valence-electron chi connectivity index (χ0n) is 12.8. The van der Waals surface area contributed by atoms with Gasteiger partial charge in [0.15, 0.2) is 0 Å². The van der Waals surface area contributed by atoms with Crippen molar-refractivity contribution < 1.29 is 24.2 Å². The van der Waals surface area contributed by atoms with Crippen LogP contribution in [0.3, 0.4) is 0 Å². The first-order valence-corrected chi connectivity index (χ1v) is 7.15. The number of carbonyl (C=O) groups excluding carboxylic acids is 2. The summed E-state index contributed by atoms with van der Waals surface area (Å²) in [5, 5.41) is 9.00. The number of hydrogen-bond acceptors (Lipinski definition) is 6. The Morgan fingerprint density at radius 2 is 1.36 bits per heavy atom. The summed E-state index contributed by atoms with van der Waals surface area (Å²) in [6.07, 6.45) is 11.2. The van der Waals surface area contributed by atoms with Crippen LogP contribution in [-0.2, 0) is 19.1 Å². The van der Waals surface area contributed by atoms with Crippen LogP contribution in [0, 0.1) is 24.7 Å². The zero-order chi connectivity index (χ0) is 16.6. The van der Waals surface area contributed by atoms with E-state index in [-0.39, 0.29) is 44.6 Å². The number of aliphatic hydroxyl groups excluding tert-OH is 1. The molecule has 0 unspecified atom stereocenters. The molecular weight excluding hydrogens is 286 g/mol. The molecule has 0 aromatic carbocycles. The number of hydrogen-bond donors (Lipinski definition) is 1. The van der Waals surface area contributed by atoms with E-state index in [0.717, 1.165) is 0 Å². The lowest BCUT2D eigenvalue weighted by molar-refractivity contribution is -0.143. The minimum Gasteiger partial charge on any atom is -0.465 e. The van der Waals surface area contributed by atoms with Crippen molar-refractivity contribution in [3.05, 3.63) is 0 Å². The molecule has 0 aliphatic rings. The molecule has 1 N–H and O–H groups in total. The maximum Gasteiger partial charge on any atom is 0.307 e. The summed E-state index contributed by atoms with van der Waals surface area (Å²) in [5.41, 5.74) is 0. The van der Waals surface area contributed by atoms with Crippen molar-refractivity contribution in [3.8, 4) is 24.7 Å². The topological polar surface area (TPSA) is 76.1 Å². The molecule has 6 heteroatoms. The minimum atomic E-state index is -0.352. The molecule has 0 aliphatic carbocycles. The summed E-state index contributed by atoms with van der Waals surface area (Å²) in [6.45, 7) is 1.52. The van der Waals surface area contributed by atoms with Crippen LogP contribution in [0.4, 0.5) is 0 Å². The van der Waals surface area contributed by atoms with Crippen LogP contribution >= 0.6 is 0 Å². The molecule has 0 spiro atoms. The number of nitrogens with zero attached hydrogens (tertiary/aromatic N) is 1. The molecule has 0 fully saturated rings. The Bertz CT molecular complexity index is 372. The van der Waals surface area contributed by atoms with Crippen molar-refractivity contribution in [1.29, 1.82) is 0 Å². The van der Waals surface area contributed by atoms with Gasteiger partial charge in [0.05, 0.1) is 19.4 Å². The zero-order valence-corrected chi connectivity index (χ0v) is 12.8. The van der Waals surface area contributed by atoms with Crippen LogP contribution in [0.15, 0.2) is 0 Å². The number of ether oxygens (including phenoxy) is 2. The summed E-state index contributed by atoms with van der Waals surface area (Å²) in [7, 11) is 0. The Kier molecular flexibility index (Phi) is 12.7. The predicted molar refractivity (Wildman–Crippen MR) is 81.6 cm³/mol. The van der Waals surface area contributed by atoms with Gasteiger partial charge >= 0.3 is 11.9 Å². The highest BCUT2D eigenvalue weighted by Gasteiger charge is 2.11. The van der Waals surface area contributed by atoms with Crippen molar-refractivity contribution in [2.75, 3.05) is 39.5 Å². The van der Waals surface area contributed by atoms with E-state index < -0.39 is 0 Å². The SMILES string of the molecule is C#CCCOC(=O)CCN(CCO)CCC(=O)OCCC#C. The number of terminal acetylenes is 2. The fraction of sp³-hybridized carbons (Fsp3) is 0.625. The smallest absolute Gasteiger partial charge is 0.307 e. The quantitative estimate of drug-likeness (QED) is 0.315. The summed E-state index contributed by atoms with van der Waals surface area (Å²) >= 11 is 0. The van der Waals surface area contributed by atoms with Gasteiger partial charge in [-0.25, -0.2) is 0 Å². The maximum atomic E-state index is 11.4. The van der Waals surface area contributed by atoms with Crippen molar-refractivity contribution in [2.45, 2.75) is 25.7 Å². The van der Waals surface area contributed by atoms with Crippen molar-refractivity contribution in [2.24, 2.45) is 0 Å². The fourth-order valence-corrected chi connectivity index (χ4v) is 1.57. The second-order valence-electron chi connectivity index (χ2n) is 4.41. The van der Waals surface area contributed by atoms with Gasteiger partial charge in [-0.2, -0.15) is 0 Å². The van der Waals surface area contributed by atoms with Gasteiger partial charge in [0, 0.05) is 32.5 Å². The van der Waals surface area contributed by atoms with Crippen LogP contribution < -0.4 is 0 Å². The van der Waals surface area contributed by atoms with Crippen LogP contribution in [0.5, 0.6) is 0 Å². The van der Waals surface area contributed by atoms with E-state index in [1.54, 1.807) is 4.90 Å². The third kappa shape index (κ3) is 11.8. The van der Waals surface area contributed by atoms with Gasteiger partial charge in [-0.15, -0.1) is 24.7 Å². The van der Waals surface area contributed by atoms with Gasteiger partial charge in [-0.3, -0.25) is 14.5 Å². The average Bonchev–Trinajstić information content (AvgIpc) is 2.50. The van der Waals surface area contributed by atoms with Crippen LogP contribution in [0.25, 0.3) is 0 Å². The average molecular weight is 309 g/mol. The van der Waals surface area contributed by atoms with Crippen molar-refractivity contribution in [3.63, 3.8) is 0 Å². The molecule has 0 heterocycles. The predicted octanol–water partition coefficient (Wildman–Crippen LogP) is 0.194.